The minimum atomic E-state index is -1.88. The Hall–Kier alpha value is -1.98. The summed E-state index contributed by atoms with van der Waals surface area (Å²) in [5.74, 6) is 1.22. The zero-order chi connectivity index (χ0) is 17.9. The molecule has 1 rings (SSSR count). The first kappa shape index (κ1) is 20.1. The van der Waals surface area contributed by atoms with Gasteiger partial charge >= 0.3 is 7.32 Å². The van der Waals surface area contributed by atoms with E-state index in [1.54, 1.807) is 24.3 Å². The lowest BCUT2D eigenvalue weighted by atomic mass is 9.94. The van der Waals surface area contributed by atoms with Gasteiger partial charge < -0.3 is 19.4 Å². The van der Waals surface area contributed by atoms with Crippen molar-refractivity contribution in [2.75, 3.05) is 6.61 Å². The van der Waals surface area contributed by atoms with E-state index in [4.69, 9.17) is 9.39 Å². The summed E-state index contributed by atoms with van der Waals surface area (Å²) in [5, 5.41) is 18.4. The van der Waals surface area contributed by atoms with E-state index < -0.39 is 7.32 Å². The van der Waals surface area contributed by atoms with Gasteiger partial charge in [0.05, 0.1) is 6.61 Å². The molecule has 0 aliphatic heterocycles. The Morgan fingerprint density at radius 2 is 1.67 bits per heavy atom. The quantitative estimate of drug-likeness (QED) is 0.350. The topological polar surface area (TPSA) is 58.9 Å². The van der Waals surface area contributed by atoms with E-state index in [2.05, 4.69) is 26.7 Å². The molecule has 2 N–H and O–H groups in total. The lowest BCUT2D eigenvalue weighted by Crippen LogP contribution is -2.22. The highest BCUT2D eigenvalue weighted by Crippen LogP contribution is 2.37. The fourth-order valence-corrected chi connectivity index (χ4v) is 2.54. The van der Waals surface area contributed by atoms with Gasteiger partial charge in [-0.2, -0.15) is 0 Å². The van der Waals surface area contributed by atoms with Gasteiger partial charge in [0, 0.05) is 16.7 Å². The number of allylic oxidation sites excluding steroid dienone is 3. The van der Waals surface area contributed by atoms with Crippen LogP contribution in [0, 0.1) is 0 Å². The molecule has 4 nitrogen and oxygen atoms in total. The van der Waals surface area contributed by atoms with Crippen molar-refractivity contribution in [3.63, 3.8) is 0 Å². The molecule has 0 heterocycles. The number of benzene rings is 1. The Labute approximate surface area is 145 Å². The van der Waals surface area contributed by atoms with E-state index in [0.29, 0.717) is 31.6 Å². The molecule has 0 bridgehead atoms. The minimum Gasteiger partial charge on any atom is -0.512 e. The minimum absolute atomic E-state index is 0.418. The number of ether oxygens (including phenoxy) is 1. The van der Waals surface area contributed by atoms with Crippen LogP contribution in [0.15, 0.2) is 44.0 Å². The molecule has 0 radical (unpaired) electrons. The van der Waals surface area contributed by atoms with Crippen LogP contribution in [0.1, 0.15) is 36.5 Å². The van der Waals surface area contributed by atoms with Gasteiger partial charge in [-0.3, -0.25) is 0 Å². The zero-order valence-electron chi connectivity index (χ0n) is 14.5. The summed E-state index contributed by atoms with van der Waals surface area (Å²) < 4.78 is 11.2. The maximum Gasteiger partial charge on any atom is 0.707 e. The highest BCUT2D eigenvalue weighted by Gasteiger charge is 2.21. The Morgan fingerprint density at radius 3 is 2.21 bits per heavy atom. The molecule has 0 aliphatic rings. The van der Waals surface area contributed by atoms with Gasteiger partial charge in [0.1, 0.15) is 11.5 Å². The van der Waals surface area contributed by atoms with Crippen LogP contribution in [0.25, 0.3) is 0 Å². The summed E-state index contributed by atoms with van der Waals surface area (Å²) in [7, 11) is -1.88. The first-order valence-corrected chi connectivity index (χ1v) is 8.24. The van der Waals surface area contributed by atoms with Crippen LogP contribution in [-0.2, 0) is 19.3 Å². The van der Waals surface area contributed by atoms with Crippen molar-refractivity contribution in [1.82, 2.24) is 0 Å². The molecule has 0 spiro atoms. The number of unbranched alkanes of at least 4 members (excludes halogenated alkanes) is 1. The summed E-state index contributed by atoms with van der Waals surface area (Å²) in [5.41, 5.74) is 2.68. The Morgan fingerprint density at radius 1 is 1.04 bits per heavy atom. The molecule has 0 atom stereocenters. The summed E-state index contributed by atoms with van der Waals surface area (Å²) >= 11 is 0. The average molecular weight is 330 g/mol. The van der Waals surface area contributed by atoms with E-state index in [9.17, 15) is 10.0 Å². The summed E-state index contributed by atoms with van der Waals surface area (Å²) in [4.78, 5) is 0. The van der Waals surface area contributed by atoms with Crippen molar-refractivity contribution in [2.45, 2.75) is 39.0 Å². The van der Waals surface area contributed by atoms with Gasteiger partial charge in [0.15, 0.2) is 0 Å². The van der Waals surface area contributed by atoms with Crippen LogP contribution >= 0.6 is 0 Å². The maximum absolute atomic E-state index is 9.22. The zero-order valence-corrected chi connectivity index (χ0v) is 14.5. The Kier molecular flexibility index (Phi) is 8.98. The fourth-order valence-electron chi connectivity index (χ4n) is 2.54. The molecular weight excluding hydrogens is 303 g/mol. The lowest BCUT2D eigenvalue weighted by Gasteiger charge is -2.21. The lowest BCUT2D eigenvalue weighted by molar-refractivity contribution is 0.284. The van der Waals surface area contributed by atoms with Crippen molar-refractivity contribution in [3.8, 4) is 11.5 Å². The van der Waals surface area contributed by atoms with E-state index in [1.807, 2.05) is 0 Å². The summed E-state index contributed by atoms with van der Waals surface area (Å²) in [6.07, 6.45) is 9.06. The molecule has 0 aromatic heterocycles. The molecule has 0 amide bonds. The van der Waals surface area contributed by atoms with Gasteiger partial charge in [0.2, 0.25) is 0 Å². The van der Waals surface area contributed by atoms with Crippen LogP contribution in [0.5, 0.6) is 11.5 Å². The third-order valence-electron chi connectivity index (χ3n) is 3.57. The Bertz CT molecular complexity index is 567. The van der Waals surface area contributed by atoms with Crippen LogP contribution in [0.4, 0.5) is 0 Å². The second-order valence-corrected chi connectivity index (χ2v) is 5.44. The fraction of sp³-hybridized carbons (Fsp3) is 0.368. The second-order valence-electron chi connectivity index (χ2n) is 5.44. The van der Waals surface area contributed by atoms with Crippen molar-refractivity contribution >= 4 is 7.32 Å². The predicted octanol–water partition coefficient (Wildman–Crippen LogP) is 3.40. The van der Waals surface area contributed by atoms with Gasteiger partial charge in [-0.25, -0.2) is 0 Å². The molecule has 0 saturated heterocycles. The molecule has 130 valence electrons. The molecular formula is C19H27BO4. The molecule has 0 aliphatic carbocycles. The van der Waals surface area contributed by atoms with E-state index in [1.165, 1.54) is 0 Å². The van der Waals surface area contributed by atoms with E-state index in [-0.39, 0.29) is 0 Å². The van der Waals surface area contributed by atoms with E-state index >= 15 is 0 Å². The smallest absolute Gasteiger partial charge is 0.512 e. The van der Waals surface area contributed by atoms with Crippen LogP contribution < -0.4 is 9.39 Å². The van der Waals surface area contributed by atoms with Gasteiger partial charge in [-0.05, 0) is 31.7 Å². The highest BCUT2D eigenvalue weighted by molar-refractivity contribution is 6.33. The van der Waals surface area contributed by atoms with Crippen molar-refractivity contribution in [1.29, 1.82) is 0 Å². The van der Waals surface area contributed by atoms with E-state index in [0.717, 1.165) is 35.3 Å². The second kappa shape index (κ2) is 10.7. The van der Waals surface area contributed by atoms with Crippen molar-refractivity contribution in [3.05, 3.63) is 60.7 Å². The normalized spacial score (nSPS) is 10.1. The third kappa shape index (κ3) is 5.58. The van der Waals surface area contributed by atoms with Gasteiger partial charge in [-0.1, -0.05) is 31.6 Å². The molecule has 1 aromatic rings. The summed E-state index contributed by atoms with van der Waals surface area (Å²) in [6, 6.07) is 1.79. The molecule has 0 saturated carbocycles. The number of rotatable bonds is 12. The predicted molar refractivity (Wildman–Crippen MR) is 99.4 cm³/mol. The van der Waals surface area contributed by atoms with Crippen molar-refractivity contribution < 1.29 is 19.4 Å². The highest BCUT2D eigenvalue weighted by atomic mass is 16.6. The molecule has 0 unspecified atom stereocenters. The van der Waals surface area contributed by atoms with Crippen molar-refractivity contribution in [2.24, 2.45) is 0 Å². The average Bonchev–Trinajstić information content (AvgIpc) is 2.53. The number of hydrogen-bond donors (Lipinski definition) is 2. The molecule has 5 heteroatoms. The monoisotopic (exact) mass is 330 g/mol. The SMILES string of the molecule is C=CCc1cc(OB(O)O)c(CC=C)c(CC=C)c1OCCCC. The molecule has 0 fully saturated rings. The van der Waals surface area contributed by atoms with Gasteiger partial charge in [0.25, 0.3) is 0 Å². The first-order valence-electron chi connectivity index (χ1n) is 8.24. The van der Waals surface area contributed by atoms with Crippen LogP contribution in [0.2, 0.25) is 0 Å². The summed E-state index contributed by atoms with van der Waals surface area (Å²) in [6.45, 7) is 14.1. The van der Waals surface area contributed by atoms with Crippen LogP contribution in [-0.4, -0.2) is 24.0 Å². The third-order valence-corrected chi connectivity index (χ3v) is 3.57. The van der Waals surface area contributed by atoms with Gasteiger partial charge in [-0.15, -0.1) is 19.7 Å². The Balaban J connectivity index is 3.48. The molecule has 24 heavy (non-hydrogen) atoms. The van der Waals surface area contributed by atoms with Crippen LogP contribution in [0.3, 0.4) is 0 Å². The largest absolute Gasteiger partial charge is 0.707 e. The first-order chi connectivity index (χ1) is 11.6. The molecule has 1 aromatic carbocycles. The standard InChI is InChI=1S/C19H27BO4/c1-5-9-13-23-19-15(10-6-2)14-18(24-20(21)22)16(11-7-3)17(19)12-8-4/h6-8,14,21-22H,2-5,9-13H2,1H3. The maximum atomic E-state index is 9.22. The number of hydrogen-bond acceptors (Lipinski definition) is 4.